The van der Waals surface area contributed by atoms with Gasteiger partial charge in [0.25, 0.3) is 0 Å². The Balaban J connectivity index is 3.32. The van der Waals surface area contributed by atoms with Crippen LogP contribution in [0.15, 0.2) is 0 Å². The predicted octanol–water partition coefficient (Wildman–Crippen LogP) is 1.54. The number of rotatable bonds is 3. The van der Waals surface area contributed by atoms with Crippen LogP contribution >= 0.6 is 11.6 Å². The lowest BCUT2D eigenvalue weighted by molar-refractivity contribution is -0.121. The molecule has 0 aromatic heterocycles. The summed E-state index contributed by atoms with van der Waals surface area (Å²) in [6.07, 6.45) is -1.22. The summed E-state index contributed by atoms with van der Waals surface area (Å²) in [6, 6.07) is 0. The molecule has 0 aromatic carbocycles. The van der Waals surface area contributed by atoms with Gasteiger partial charge in [0.15, 0.2) is 12.0 Å². The third-order valence-electron chi connectivity index (χ3n) is 0.804. The van der Waals surface area contributed by atoms with E-state index in [0.717, 1.165) is 0 Å². The van der Waals surface area contributed by atoms with E-state index >= 15 is 0 Å². The largest absolute Gasteiger partial charge is 0.297 e. The maximum Gasteiger partial charge on any atom is 0.163 e. The molecule has 0 radical (unpaired) electrons. The standard InChI is InChI=1S/C5H8ClFO/c1-4(8)5(7)2-3-6/h5H,2-3H2,1H3. The van der Waals surface area contributed by atoms with Crippen LogP contribution < -0.4 is 0 Å². The van der Waals surface area contributed by atoms with Gasteiger partial charge in [0, 0.05) is 5.88 Å². The number of ketones is 1. The number of carbonyl (C=O) groups excluding carboxylic acids is 1. The van der Waals surface area contributed by atoms with E-state index in [-0.39, 0.29) is 12.3 Å². The molecule has 0 aromatic rings. The average Bonchev–Trinajstić information content (AvgIpc) is 1.67. The molecule has 0 bridgehead atoms. The van der Waals surface area contributed by atoms with Crippen LogP contribution in [0.4, 0.5) is 4.39 Å². The van der Waals surface area contributed by atoms with Gasteiger partial charge in [-0.1, -0.05) is 0 Å². The van der Waals surface area contributed by atoms with Gasteiger partial charge in [-0.3, -0.25) is 4.79 Å². The monoisotopic (exact) mass is 138 g/mol. The molecule has 0 fully saturated rings. The van der Waals surface area contributed by atoms with Crippen LogP contribution in [-0.2, 0) is 4.79 Å². The molecule has 0 aliphatic carbocycles. The smallest absolute Gasteiger partial charge is 0.163 e. The predicted molar refractivity (Wildman–Crippen MR) is 30.9 cm³/mol. The van der Waals surface area contributed by atoms with Crippen LogP contribution in [0.5, 0.6) is 0 Å². The summed E-state index contributed by atoms with van der Waals surface area (Å²) >= 11 is 5.15. The molecular formula is C5H8ClFO. The first-order chi connectivity index (χ1) is 3.68. The normalized spacial score (nSPS) is 13.4. The van der Waals surface area contributed by atoms with Crippen molar-refractivity contribution in [1.29, 1.82) is 0 Å². The van der Waals surface area contributed by atoms with Crippen molar-refractivity contribution >= 4 is 17.4 Å². The third kappa shape index (κ3) is 2.97. The zero-order valence-corrected chi connectivity index (χ0v) is 5.41. The van der Waals surface area contributed by atoms with Gasteiger partial charge in [0.05, 0.1) is 0 Å². The van der Waals surface area contributed by atoms with Crippen LogP contribution in [0.25, 0.3) is 0 Å². The fraction of sp³-hybridized carbons (Fsp3) is 0.800. The van der Waals surface area contributed by atoms with Gasteiger partial charge in [0.2, 0.25) is 0 Å². The Morgan fingerprint density at radius 2 is 2.38 bits per heavy atom. The Bertz CT molecular complexity index is 84.5. The molecule has 8 heavy (non-hydrogen) atoms. The summed E-state index contributed by atoms with van der Waals surface area (Å²) in [7, 11) is 0. The highest BCUT2D eigenvalue weighted by Crippen LogP contribution is 1.99. The highest BCUT2D eigenvalue weighted by atomic mass is 35.5. The fourth-order valence-corrected chi connectivity index (χ4v) is 0.491. The van der Waals surface area contributed by atoms with E-state index < -0.39 is 12.0 Å². The average molecular weight is 139 g/mol. The number of hydrogen-bond acceptors (Lipinski definition) is 1. The molecule has 0 amide bonds. The van der Waals surface area contributed by atoms with Crippen molar-refractivity contribution in [3.63, 3.8) is 0 Å². The van der Waals surface area contributed by atoms with Crippen LogP contribution in [-0.4, -0.2) is 17.8 Å². The van der Waals surface area contributed by atoms with Crippen LogP contribution in [0.3, 0.4) is 0 Å². The first kappa shape index (κ1) is 7.89. The van der Waals surface area contributed by atoms with Crippen LogP contribution in [0.2, 0.25) is 0 Å². The Hall–Kier alpha value is -0.110. The van der Waals surface area contributed by atoms with Crippen molar-refractivity contribution in [2.24, 2.45) is 0 Å². The van der Waals surface area contributed by atoms with E-state index in [2.05, 4.69) is 0 Å². The quantitative estimate of drug-likeness (QED) is 0.541. The zero-order chi connectivity index (χ0) is 6.57. The number of halogens is 2. The Morgan fingerprint density at radius 1 is 1.88 bits per heavy atom. The SMILES string of the molecule is CC(=O)C(F)CCCl. The van der Waals surface area contributed by atoms with E-state index in [1.165, 1.54) is 6.92 Å². The Labute approximate surface area is 52.8 Å². The first-order valence-corrected chi connectivity index (χ1v) is 2.92. The lowest BCUT2D eigenvalue weighted by Gasteiger charge is -1.96. The van der Waals surface area contributed by atoms with Gasteiger partial charge >= 0.3 is 0 Å². The number of Topliss-reactive ketones (excluding diaryl/α,β-unsaturated/α-hetero) is 1. The lowest BCUT2D eigenvalue weighted by atomic mass is 10.2. The summed E-state index contributed by atoms with van der Waals surface area (Å²) in [6.45, 7) is 1.22. The van der Waals surface area contributed by atoms with Crippen molar-refractivity contribution in [3.8, 4) is 0 Å². The van der Waals surface area contributed by atoms with E-state index in [1.807, 2.05) is 0 Å². The van der Waals surface area contributed by atoms with E-state index in [9.17, 15) is 9.18 Å². The third-order valence-corrected chi connectivity index (χ3v) is 1.02. The molecule has 1 atom stereocenters. The second-order valence-corrected chi connectivity index (χ2v) is 1.93. The second-order valence-electron chi connectivity index (χ2n) is 1.56. The van der Waals surface area contributed by atoms with Crippen molar-refractivity contribution in [2.45, 2.75) is 19.5 Å². The van der Waals surface area contributed by atoms with Gasteiger partial charge in [0.1, 0.15) is 0 Å². The second kappa shape index (κ2) is 3.84. The highest BCUT2D eigenvalue weighted by Gasteiger charge is 2.09. The van der Waals surface area contributed by atoms with Gasteiger partial charge in [-0.15, -0.1) is 11.6 Å². The maximum absolute atomic E-state index is 12.1. The molecule has 0 saturated carbocycles. The van der Waals surface area contributed by atoms with Gasteiger partial charge in [-0.25, -0.2) is 4.39 Å². The topological polar surface area (TPSA) is 17.1 Å². The van der Waals surface area contributed by atoms with Gasteiger partial charge < -0.3 is 0 Å². The van der Waals surface area contributed by atoms with Gasteiger partial charge in [-0.05, 0) is 13.3 Å². The number of alkyl halides is 2. The molecule has 48 valence electrons. The minimum atomic E-state index is -1.35. The Kier molecular flexibility index (Phi) is 3.79. The summed E-state index contributed by atoms with van der Waals surface area (Å²) < 4.78 is 12.1. The van der Waals surface area contributed by atoms with Crippen LogP contribution in [0.1, 0.15) is 13.3 Å². The zero-order valence-electron chi connectivity index (χ0n) is 4.66. The molecule has 0 aliphatic heterocycles. The molecule has 0 aliphatic rings. The summed E-state index contributed by atoms with van der Waals surface area (Å²) in [5.74, 6) is -0.230. The van der Waals surface area contributed by atoms with E-state index in [0.29, 0.717) is 0 Å². The maximum atomic E-state index is 12.1. The molecule has 0 heterocycles. The minimum absolute atomic E-state index is 0.136. The first-order valence-electron chi connectivity index (χ1n) is 2.39. The van der Waals surface area contributed by atoms with Crippen molar-refractivity contribution in [2.75, 3.05) is 5.88 Å². The van der Waals surface area contributed by atoms with Crippen molar-refractivity contribution in [3.05, 3.63) is 0 Å². The molecule has 0 rings (SSSR count). The van der Waals surface area contributed by atoms with E-state index in [4.69, 9.17) is 11.6 Å². The Morgan fingerprint density at radius 3 is 2.50 bits per heavy atom. The molecular weight excluding hydrogens is 131 g/mol. The lowest BCUT2D eigenvalue weighted by Crippen LogP contribution is -2.11. The van der Waals surface area contributed by atoms with Crippen molar-refractivity contribution in [1.82, 2.24) is 0 Å². The molecule has 1 unspecified atom stereocenters. The summed E-state index contributed by atoms with van der Waals surface area (Å²) in [5.41, 5.74) is 0. The van der Waals surface area contributed by atoms with Crippen LogP contribution in [0, 0.1) is 0 Å². The fourth-order valence-electron chi connectivity index (χ4n) is 0.299. The van der Waals surface area contributed by atoms with Gasteiger partial charge in [-0.2, -0.15) is 0 Å². The number of hydrogen-bond donors (Lipinski definition) is 0. The van der Waals surface area contributed by atoms with E-state index in [1.54, 1.807) is 0 Å². The summed E-state index contributed by atoms with van der Waals surface area (Å²) in [5, 5.41) is 0. The highest BCUT2D eigenvalue weighted by molar-refractivity contribution is 6.18. The molecule has 0 saturated heterocycles. The molecule has 1 nitrogen and oxygen atoms in total. The molecule has 0 N–H and O–H groups in total. The summed E-state index contributed by atoms with van der Waals surface area (Å²) in [4.78, 5) is 10.1. The molecule has 0 spiro atoms. The number of carbonyl (C=O) groups is 1. The minimum Gasteiger partial charge on any atom is -0.297 e. The van der Waals surface area contributed by atoms with Crippen molar-refractivity contribution < 1.29 is 9.18 Å². The molecule has 3 heteroatoms.